The zero-order valence-electron chi connectivity index (χ0n) is 12.5. The molecule has 2 fully saturated rings. The Kier molecular flexibility index (Phi) is 5.41. The van der Waals surface area contributed by atoms with Gasteiger partial charge in [0.1, 0.15) is 6.04 Å². The first kappa shape index (κ1) is 16.0. The largest absolute Gasteiger partial charge is 0.480 e. The standard InChI is InChI=1S/C14H25N3O4/c1-2-7-16(10-3-5-15-6-4-10)14(21)17-9-11(18)8-12(17)13(19)20/h10-12,15,18H,2-9H2,1H3,(H,19,20)/t11?,12-/m0/s1. The van der Waals surface area contributed by atoms with Gasteiger partial charge in [0.25, 0.3) is 0 Å². The lowest BCUT2D eigenvalue weighted by atomic mass is 10.0. The van der Waals surface area contributed by atoms with Crippen molar-refractivity contribution in [2.24, 2.45) is 0 Å². The van der Waals surface area contributed by atoms with E-state index in [1.807, 2.05) is 6.92 Å². The third kappa shape index (κ3) is 3.65. The van der Waals surface area contributed by atoms with Gasteiger partial charge < -0.3 is 25.3 Å². The van der Waals surface area contributed by atoms with E-state index in [-0.39, 0.29) is 25.0 Å². The molecule has 0 aromatic carbocycles. The molecule has 0 bridgehead atoms. The van der Waals surface area contributed by atoms with Crippen LogP contribution in [0.4, 0.5) is 4.79 Å². The second-order valence-corrected chi connectivity index (χ2v) is 5.85. The Morgan fingerprint density at radius 3 is 2.57 bits per heavy atom. The fourth-order valence-corrected chi connectivity index (χ4v) is 3.22. The summed E-state index contributed by atoms with van der Waals surface area (Å²) in [5, 5.41) is 22.2. The summed E-state index contributed by atoms with van der Waals surface area (Å²) in [6.07, 6.45) is 1.99. The Labute approximate surface area is 124 Å². The van der Waals surface area contributed by atoms with Gasteiger partial charge in [0.2, 0.25) is 0 Å². The third-order valence-electron chi connectivity index (χ3n) is 4.27. The van der Waals surface area contributed by atoms with Gasteiger partial charge >= 0.3 is 12.0 Å². The molecule has 0 aromatic heterocycles. The summed E-state index contributed by atoms with van der Waals surface area (Å²) in [4.78, 5) is 27.2. The van der Waals surface area contributed by atoms with Gasteiger partial charge in [-0.05, 0) is 32.4 Å². The summed E-state index contributed by atoms with van der Waals surface area (Å²) in [5.74, 6) is -1.04. The number of aliphatic hydroxyl groups excluding tert-OH is 1. The van der Waals surface area contributed by atoms with Gasteiger partial charge in [0.05, 0.1) is 6.10 Å². The monoisotopic (exact) mass is 299 g/mol. The molecule has 2 atom stereocenters. The number of likely N-dealkylation sites (tertiary alicyclic amines) is 1. The number of carbonyl (C=O) groups is 2. The van der Waals surface area contributed by atoms with Crippen LogP contribution in [-0.4, -0.2) is 76.4 Å². The van der Waals surface area contributed by atoms with Crippen molar-refractivity contribution in [1.29, 1.82) is 0 Å². The Morgan fingerprint density at radius 2 is 2.00 bits per heavy atom. The minimum atomic E-state index is -1.04. The Bertz CT molecular complexity index is 384. The molecule has 7 nitrogen and oxygen atoms in total. The molecule has 2 rings (SSSR count). The van der Waals surface area contributed by atoms with E-state index in [0.717, 1.165) is 32.4 Å². The second kappa shape index (κ2) is 7.09. The predicted molar refractivity (Wildman–Crippen MR) is 77.0 cm³/mol. The van der Waals surface area contributed by atoms with Crippen molar-refractivity contribution in [3.63, 3.8) is 0 Å². The van der Waals surface area contributed by atoms with Crippen LogP contribution in [0.2, 0.25) is 0 Å². The van der Waals surface area contributed by atoms with E-state index in [1.54, 1.807) is 4.90 Å². The first-order valence-corrected chi connectivity index (χ1v) is 7.73. The quantitative estimate of drug-likeness (QED) is 0.684. The number of hydrogen-bond donors (Lipinski definition) is 3. The number of amides is 2. The maximum atomic E-state index is 12.8. The van der Waals surface area contributed by atoms with Gasteiger partial charge in [-0.15, -0.1) is 0 Å². The molecule has 21 heavy (non-hydrogen) atoms. The minimum absolute atomic E-state index is 0.112. The Hall–Kier alpha value is -1.34. The van der Waals surface area contributed by atoms with E-state index in [0.29, 0.717) is 6.54 Å². The van der Waals surface area contributed by atoms with Crippen LogP contribution in [0.1, 0.15) is 32.6 Å². The molecule has 2 aliphatic heterocycles. The first-order valence-electron chi connectivity index (χ1n) is 7.73. The summed E-state index contributed by atoms with van der Waals surface area (Å²) in [6, 6.07) is -0.993. The van der Waals surface area contributed by atoms with E-state index < -0.39 is 18.1 Å². The zero-order chi connectivity index (χ0) is 15.4. The highest BCUT2D eigenvalue weighted by atomic mass is 16.4. The summed E-state index contributed by atoms with van der Waals surface area (Å²) < 4.78 is 0. The highest BCUT2D eigenvalue weighted by molar-refractivity contribution is 5.83. The van der Waals surface area contributed by atoms with Gasteiger partial charge in [0, 0.05) is 25.6 Å². The Balaban J connectivity index is 2.11. The molecule has 2 saturated heterocycles. The molecule has 2 aliphatic rings. The van der Waals surface area contributed by atoms with Crippen LogP contribution in [-0.2, 0) is 4.79 Å². The molecule has 2 amide bonds. The molecular formula is C14H25N3O4. The molecule has 7 heteroatoms. The number of piperidine rings is 1. The molecule has 0 aliphatic carbocycles. The first-order chi connectivity index (χ1) is 10.0. The van der Waals surface area contributed by atoms with Crippen molar-refractivity contribution in [1.82, 2.24) is 15.1 Å². The average Bonchev–Trinajstić information content (AvgIpc) is 2.87. The second-order valence-electron chi connectivity index (χ2n) is 5.85. The highest BCUT2D eigenvalue weighted by Crippen LogP contribution is 2.23. The van der Waals surface area contributed by atoms with Crippen molar-refractivity contribution in [2.45, 2.75) is 50.8 Å². The van der Waals surface area contributed by atoms with Crippen molar-refractivity contribution in [3.05, 3.63) is 0 Å². The number of urea groups is 1. The number of nitrogens with zero attached hydrogens (tertiary/aromatic N) is 2. The third-order valence-corrected chi connectivity index (χ3v) is 4.27. The van der Waals surface area contributed by atoms with Crippen LogP contribution in [0.5, 0.6) is 0 Å². The lowest BCUT2D eigenvalue weighted by molar-refractivity contribution is -0.141. The molecule has 120 valence electrons. The number of carboxylic acid groups (broad SMARTS) is 1. The normalized spacial score (nSPS) is 26.9. The fourth-order valence-electron chi connectivity index (χ4n) is 3.22. The van der Waals surface area contributed by atoms with Crippen LogP contribution in [0, 0.1) is 0 Å². The molecule has 2 heterocycles. The van der Waals surface area contributed by atoms with Gasteiger partial charge in [-0.1, -0.05) is 6.92 Å². The number of β-amino-alcohol motifs (C(OH)–C–C–N with tert-alkyl or cyclic N) is 1. The number of aliphatic carboxylic acids is 1. The van der Waals surface area contributed by atoms with Crippen molar-refractivity contribution >= 4 is 12.0 Å². The van der Waals surface area contributed by atoms with E-state index in [9.17, 15) is 19.8 Å². The van der Waals surface area contributed by atoms with E-state index in [4.69, 9.17) is 0 Å². The number of nitrogens with one attached hydrogen (secondary N) is 1. The summed E-state index contributed by atoms with van der Waals surface area (Å²) in [6.45, 7) is 4.50. The van der Waals surface area contributed by atoms with Crippen LogP contribution < -0.4 is 5.32 Å². The lowest BCUT2D eigenvalue weighted by Gasteiger charge is -2.37. The topological polar surface area (TPSA) is 93.1 Å². The maximum absolute atomic E-state index is 12.8. The Morgan fingerprint density at radius 1 is 1.33 bits per heavy atom. The van der Waals surface area contributed by atoms with E-state index in [1.165, 1.54) is 4.90 Å². The maximum Gasteiger partial charge on any atom is 0.326 e. The van der Waals surface area contributed by atoms with E-state index in [2.05, 4.69) is 5.32 Å². The summed E-state index contributed by atoms with van der Waals surface area (Å²) >= 11 is 0. The van der Waals surface area contributed by atoms with Crippen LogP contribution in [0.15, 0.2) is 0 Å². The van der Waals surface area contributed by atoms with Gasteiger partial charge in [-0.2, -0.15) is 0 Å². The van der Waals surface area contributed by atoms with Crippen LogP contribution in [0.3, 0.4) is 0 Å². The molecule has 3 N–H and O–H groups in total. The summed E-state index contributed by atoms with van der Waals surface area (Å²) in [7, 11) is 0. The molecule has 1 unspecified atom stereocenters. The molecule has 0 saturated carbocycles. The fraction of sp³-hybridized carbons (Fsp3) is 0.857. The number of carboxylic acids is 1. The zero-order valence-corrected chi connectivity index (χ0v) is 12.5. The predicted octanol–water partition coefficient (Wildman–Crippen LogP) is 0.0902. The SMILES string of the molecule is CCCN(C(=O)N1CC(O)C[C@H]1C(=O)O)C1CCNCC1. The van der Waals surface area contributed by atoms with Crippen molar-refractivity contribution in [2.75, 3.05) is 26.2 Å². The van der Waals surface area contributed by atoms with Crippen LogP contribution >= 0.6 is 0 Å². The van der Waals surface area contributed by atoms with Gasteiger partial charge in [-0.25, -0.2) is 9.59 Å². The minimum Gasteiger partial charge on any atom is -0.480 e. The number of rotatable bonds is 4. The van der Waals surface area contributed by atoms with Gasteiger partial charge in [0.15, 0.2) is 0 Å². The highest BCUT2D eigenvalue weighted by Gasteiger charge is 2.41. The number of hydrogen-bond acceptors (Lipinski definition) is 4. The summed E-state index contributed by atoms with van der Waals surface area (Å²) in [5.41, 5.74) is 0. The van der Waals surface area contributed by atoms with Gasteiger partial charge in [-0.3, -0.25) is 0 Å². The lowest BCUT2D eigenvalue weighted by Crippen LogP contribution is -2.54. The average molecular weight is 299 g/mol. The van der Waals surface area contributed by atoms with Crippen LogP contribution in [0.25, 0.3) is 0 Å². The number of aliphatic hydroxyl groups is 1. The van der Waals surface area contributed by atoms with Crippen molar-refractivity contribution in [3.8, 4) is 0 Å². The molecular weight excluding hydrogens is 274 g/mol. The van der Waals surface area contributed by atoms with Crippen molar-refractivity contribution < 1.29 is 19.8 Å². The van der Waals surface area contributed by atoms with E-state index >= 15 is 0 Å². The molecule has 0 aromatic rings. The molecule has 0 spiro atoms. The molecule has 0 radical (unpaired) electrons. The number of carbonyl (C=O) groups excluding carboxylic acids is 1. The smallest absolute Gasteiger partial charge is 0.326 e.